The summed E-state index contributed by atoms with van der Waals surface area (Å²) in [5, 5.41) is 0. The van der Waals surface area contributed by atoms with Gasteiger partial charge >= 0.3 is 6.16 Å². The third-order valence-corrected chi connectivity index (χ3v) is 9.38. The molecule has 1 aromatic carbocycles. The maximum Gasteiger partial charge on any atom is 0.511 e. The zero-order valence-corrected chi connectivity index (χ0v) is 19.9. The Kier molecular flexibility index (Phi) is 6.13. The number of hydrogen-bond acceptors (Lipinski definition) is 5. The van der Waals surface area contributed by atoms with Crippen molar-refractivity contribution < 1.29 is 19.0 Å². The number of likely N-dealkylation sites (tertiary alicyclic amines) is 1. The molecule has 1 aromatic rings. The van der Waals surface area contributed by atoms with Gasteiger partial charge in [-0.3, -0.25) is 0 Å². The van der Waals surface area contributed by atoms with Crippen LogP contribution >= 0.6 is 0 Å². The van der Waals surface area contributed by atoms with E-state index in [2.05, 4.69) is 31.0 Å². The summed E-state index contributed by atoms with van der Waals surface area (Å²) >= 11 is 0. The molecule has 1 aliphatic heterocycles. The van der Waals surface area contributed by atoms with Gasteiger partial charge in [0.25, 0.3) is 0 Å². The molecule has 3 atom stereocenters. The van der Waals surface area contributed by atoms with E-state index in [9.17, 15) is 4.79 Å². The summed E-state index contributed by atoms with van der Waals surface area (Å²) in [4.78, 5) is 14.6. The summed E-state index contributed by atoms with van der Waals surface area (Å²) in [6, 6.07) is 7.15. The second kappa shape index (κ2) is 8.89. The van der Waals surface area contributed by atoms with Crippen molar-refractivity contribution >= 4 is 6.16 Å². The molecule has 1 saturated heterocycles. The number of rotatable bonds is 5. The Morgan fingerprint density at radius 1 is 1.06 bits per heavy atom. The molecule has 5 heteroatoms. The van der Waals surface area contributed by atoms with Gasteiger partial charge in [0.2, 0.25) is 6.79 Å². The number of fused-ring (bicyclic) bond motifs is 1. The largest absolute Gasteiger partial charge is 0.511 e. The Balaban J connectivity index is 1.23. The highest BCUT2D eigenvalue weighted by molar-refractivity contribution is 5.59. The molecule has 1 heterocycles. The fourth-order valence-electron chi connectivity index (χ4n) is 7.51. The topological polar surface area (TPSA) is 48.0 Å². The van der Waals surface area contributed by atoms with Crippen molar-refractivity contribution in [1.29, 1.82) is 0 Å². The van der Waals surface area contributed by atoms with E-state index in [4.69, 9.17) is 14.2 Å². The zero-order chi connectivity index (χ0) is 22.2. The number of carbonyl (C=O) groups excluding carboxylic acids is 1. The number of ether oxygens (including phenoxy) is 3. The van der Waals surface area contributed by atoms with E-state index in [1.807, 2.05) is 6.07 Å². The molecule has 0 radical (unpaired) electrons. The van der Waals surface area contributed by atoms with Crippen LogP contribution in [0, 0.1) is 11.3 Å². The van der Waals surface area contributed by atoms with Gasteiger partial charge in [0.15, 0.2) is 0 Å². The smallest absolute Gasteiger partial charge is 0.457 e. The van der Waals surface area contributed by atoms with Gasteiger partial charge in [-0.2, -0.15) is 0 Å². The molecule has 0 amide bonds. The van der Waals surface area contributed by atoms with Crippen molar-refractivity contribution in [2.45, 2.75) is 89.0 Å². The lowest BCUT2D eigenvalue weighted by Gasteiger charge is -2.65. The SMILES string of the molecule is CN1CC[C@@]23CCCC[C@]2(C)[C@@H]1Cc1ccc(OCOC(=O)OCC2CCCCC2)cc13. The van der Waals surface area contributed by atoms with Crippen LogP contribution in [0.1, 0.15) is 82.3 Å². The maximum absolute atomic E-state index is 12.0. The summed E-state index contributed by atoms with van der Waals surface area (Å²) in [5.41, 5.74) is 3.53. The second-order valence-electron chi connectivity index (χ2n) is 10.9. The van der Waals surface area contributed by atoms with Gasteiger partial charge in [0, 0.05) is 11.5 Å². The van der Waals surface area contributed by atoms with Crippen molar-refractivity contribution in [1.82, 2.24) is 4.90 Å². The molecule has 3 aliphatic carbocycles. The molecule has 0 spiro atoms. The van der Waals surface area contributed by atoms with E-state index in [1.165, 1.54) is 69.0 Å². The number of nitrogens with zero attached hydrogens (tertiary/aromatic N) is 1. The fraction of sp³-hybridized carbons (Fsp3) is 0.741. The fourth-order valence-corrected chi connectivity index (χ4v) is 7.51. The predicted molar refractivity (Wildman–Crippen MR) is 124 cm³/mol. The van der Waals surface area contributed by atoms with Crippen molar-refractivity contribution in [2.24, 2.45) is 11.3 Å². The lowest BCUT2D eigenvalue weighted by Crippen LogP contribution is -2.66. The van der Waals surface area contributed by atoms with E-state index < -0.39 is 6.16 Å². The first kappa shape index (κ1) is 22.1. The average molecular weight is 442 g/mol. The van der Waals surface area contributed by atoms with Crippen LogP contribution in [0.5, 0.6) is 5.75 Å². The molecular formula is C27H39NO4. The Hall–Kier alpha value is -1.75. The molecule has 0 aromatic heterocycles. The van der Waals surface area contributed by atoms with Crippen molar-refractivity contribution in [3.8, 4) is 5.75 Å². The Morgan fingerprint density at radius 3 is 2.72 bits per heavy atom. The standard InChI is InChI=1S/C27H39NO4/c1-26-12-6-7-13-27(26)14-15-28(2)24(26)16-21-10-11-22(17-23(21)27)31-19-32-25(29)30-18-20-8-4-3-5-9-20/h10-11,17,20,24H,3-9,12-16,18-19H2,1-2H3/t24-,26+,27+/m0/s1. The molecule has 0 N–H and O–H groups in total. The van der Waals surface area contributed by atoms with Crippen LogP contribution in [0.4, 0.5) is 4.79 Å². The molecular weight excluding hydrogens is 402 g/mol. The molecule has 4 aliphatic rings. The minimum Gasteiger partial charge on any atom is -0.457 e. The summed E-state index contributed by atoms with van der Waals surface area (Å²) in [6.45, 7) is 4.07. The van der Waals surface area contributed by atoms with Crippen molar-refractivity contribution in [2.75, 3.05) is 27.0 Å². The molecule has 2 saturated carbocycles. The van der Waals surface area contributed by atoms with Gasteiger partial charge in [-0.05, 0) is 86.7 Å². The average Bonchev–Trinajstić information content (AvgIpc) is 2.81. The number of carbonyl (C=O) groups is 1. The van der Waals surface area contributed by atoms with Crippen molar-refractivity contribution in [3.63, 3.8) is 0 Å². The van der Waals surface area contributed by atoms with Gasteiger partial charge in [-0.15, -0.1) is 0 Å². The van der Waals surface area contributed by atoms with Crippen LogP contribution in [-0.4, -0.2) is 44.1 Å². The van der Waals surface area contributed by atoms with Gasteiger partial charge in [-0.25, -0.2) is 4.79 Å². The number of hydrogen-bond donors (Lipinski definition) is 0. The third-order valence-electron chi connectivity index (χ3n) is 9.38. The minimum absolute atomic E-state index is 0.0993. The summed E-state index contributed by atoms with van der Waals surface area (Å²) in [5.74, 6) is 1.28. The second-order valence-corrected chi connectivity index (χ2v) is 10.9. The maximum atomic E-state index is 12.0. The molecule has 3 fully saturated rings. The molecule has 32 heavy (non-hydrogen) atoms. The van der Waals surface area contributed by atoms with Gasteiger partial charge < -0.3 is 19.1 Å². The Morgan fingerprint density at radius 2 is 1.88 bits per heavy atom. The first-order valence-corrected chi connectivity index (χ1v) is 12.8. The lowest BCUT2D eigenvalue weighted by atomic mass is 9.45. The number of benzene rings is 1. The molecule has 5 nitrogen and oxygen atoms in total. The van der Waals surface area contributed by atoms with Crippen LogP contribution in [0.15, 0.2) is 18.2 Å². The number of piperidine rings is 1. The Bertz CT molecular complexity index is 835. The first-order valence-electron chi connectivity index (χ1n) is 12.8. The van der Waals surface area contributed by atoms with E-state index in [-0.39, 0.29) is 12.2 Å². The minimum atomic E-state index is -0.620. The predicted octanol–water partition coefficient (Wildman–Crippen LogP) is 5.83. The van der Waals surface area contributed by atoms with Crippen molar-refractivity contribution in [3.05, 3.63) is 29.3 Å². The zero-order valence-electron chi connectivity index (χ0n) is 19.9. The molecule has 2 bridgehead atoms. The van der Waals surface area contributed by atoms with Gasteiger partial charge in [-0.1, -0.05) is 45.1 Å². The van der Waals surface area contributed by atoms with E-state index in [0.29, 0.717) is 24.0 Å². The monoisotopic (exact) mass is 441 g/mol. The molecule has 0 unspecified atom stereocenters. The van der Waals surface area contributed by atoms with Crippen LogP contribution in [-0.2, 0) is 21.3 Å². The third kappa shape index (κ3) is 3.81. The highest BCUT2D eigenvalue weighted by atomic mass is 16.8. The number of likely N-dealkylation sites (N-methyl/N-ethyl adjacent to an activating group) is 1. The van der Waals surface area contributed by atoms with Gasteiger partial charge in [0.05, 0.1) is 6.61 Å². The van der Waals surface area contributed by atoms with E-state index >= 15 is 0 Å². The van der Waals surface area contributed by atoms with Crippen LogP contribution in [0.2, 0.25) is 0 Å². The van der Waals surface area contributed by atoms with Crippen LogP contribution < -0.4 is 4.74 Å². The van der Waals surface area contributed by atoms with Gasteiger partial charge in [0.1, 0.15) is 5.75 Å². The van der Waals surface area contributed by atoms with E-state index in [0.717, 1.165) is 25.0 Å². The van der Waals surface area contributed by atoms with Crippen LogP contribution in [0.25, 0.3) is 0 Å². The summed E-state index contributed by atoms with van der Waals surface area (Å²) < 4.78 is 16.4. The summed E-state index contributed by atoms with van der Waals surface area (Å²) in [7, 11) is 2.31. The van der Waals surface area contributed by atoms with Crippen LogP contribution in [0.3, 0.4) is 0 Å². The van der Waals surface area contributed by atoms with E-state index in [1.54, 1.807) is 0 Å². The normalized spacial score (nSPS) is 32.5. The summed E-state index contributed by atoms with van der Waals surface area (Å²) in [6.07, 6.45) is 13.0. The Labute approximate surface area is 192 Å². The lowest BCUT2D eigenvalue weighted by molar-refractivity contribution is -0.0737. The highest BCUT2D eigenvalue weighted by Crippen LogP contribution is 2.62. The quantitative estimate of drug-likeness (QED) is 0.425. The first-order chi connectivity index (χ1) is 15.5. The molecule has 5 rings (SSSR count). The molecule has 176 valence electrons. The highest BCUT2D eigenvalue weighted by Gasteiger charge is 2.60.